The first kappa shape index (κ1) is 12.2. The molecule has 3 heteroatoms. The van der Waals surface area contributed by atoms with Crippen molar-refractivity contribution in [3.05, 3.63) is 42.2 Å². The van der Waals surface area contributed by atoms with E-state index in [0.717, 1.165) is 6.42 Å². The molecule has 1 N–H and O–H groups in total. The second-order valence-corrected chi connectivity index (χ2v) is 3.26. The highest BCUT2D eigenvalue weighted by Crippen LogP contribution is 2.01. The Morgan fingerprint density at radius 2 is 1.93 bits per heavy atom. The second-order valence-electron chi connectivity index (χ2n) is 3.26. The summed E-state index contributed by atoms with van der Waals surface area (Å²) in [6.07, 6.45) is 0.795. The Kier molecular flexibility index (Phi) is 6.00. The Hall–Kier alpha value is -0.900. The number of ether oxygens (including phenoxy) is 2. The van der Waals surface area contributed by atoms with Crippen LogP contribution in [0.5, 0.6) is 0 Å². The van der Waals surface area contributed by atoms with E-state index in [0.29, 0.717) is 19.8 Å². The molecule has 0 aliphatic heterocycles. The standard InChI is InChI=1S/C12H17O3/c1-11(13)15-9-5-8-14-10-12-6-3-2-4-7-12/h2-4,6-7,13H,5,8-10H2,1H3. The fourth-order valence-electron chi connectivity index (χ4n) is 1.15. The van der Waals surface area contributed by atoms with Gasteiger partial charge in [-0.05, 0) is 18.9 Å². The largest absolute Gasteiger partial charge is 0.377 e. The quantitative estimate of drug-likeness (QED) is 0.701. The Morgan fingerprint density at radius 3 is 2.60 bits per heavy atom. The van der Waals surface area contributed by atoms with Crippen LogP contribution in [0, 0.1) is 6.29 Å². The lowest BCUT2D eigenvalue weighted by atomic mass is 10.2. The van der Waals surface area contributed by atoms with E-state index in [1.165, 1.54) is 12.5 Å². The summed E-state index contributed by atoms with van der Waals surface area (Å²) >= 11 is 0. The number of rotatable bonds is 7. The van der Waals surface area contributed by atoms with E-state index in [9.17, 15) is 0 Å². The molecule has 0 saturated carbocycles. The first-order valence-electron chi connectivity index (χ1n) is 5.06. The van der Waals surface area contributed by atoms with Crippen LogP contribution in [0.25, 0.3) is 0 Å². The van der Waals surface area contributed by atoms with Gasteiger partial charge in [-0.1, -0.05) is 30.3 Å². The van der Waals surface area contributed by atoms with Gasteiger partial charge in [0.1, 0.15) is 0 Å². The van der Waals surface area contributed by atoms with Gasteiger partial charge in [0, 0.05) is 6.61 Å². The van der Waals surface area contributed by atoms with Crippen LogP contribution in [0.4, 0.5) is 0 Å². The third-order valence-electron chi connectivity index (χ3n) is 1.86. The number of hydrogen-bond acceptors (Lipinski definition) is 3. The molecule has 0 fully saturated rings. The van der Waals surface area contributed by atoms with Gasteiger partial charge in [0.2, 0.25) is 6.29 Å². The molecule has 1 aromatic carbocycles. The number of hydrogen-bond donors (Lipinski definition) is 1. The summed E-state index contributed by atoms with van der Waals surface area (Å²) < 4.78 is 10.3. The van der Waals surface area contributed by atoms with E-state index >= 15 is 0 Å². The van der Waals surface area contributed by atoms with Crippen molar-refractivity contribution < 1.29 is 14.6 Å². The Labute approximate surface area is 90.6 Å². The molecule has 0 saturated heterocycles. The highest BCUT2D eigenvalue weighted by Gasteiger charge is 1.96. The van der Waals surface area contributed by atoms with Gasteiger partial charge in [-0.15, -0.1) is 0 Å². The number of aliphatic hydroxyl groups is 1. The van der Waals surface area contributed by atoms with Crippen molar-refractivity contribution in [1.29, 1.82) is 0 Å². The van der Waals surface area contributed by atoms with Crippen molar-refractivity contribution in [3.63, 3.8) is 0 Å². The molecule has 0 aliphatic rings. The van der Waals surface area contributed by atoms with Crippen molar-refractivity contribution in [2.45, 2.75) is 20.0 Å². The van der Waals surface area contributed by atoms with E-state index in [1.807, 2.05) is 30.3 Å². The van der Waals surface area contributed by atoms with Gasteiger partial charge in [0.15, 0.2) is 0 Å². The highest BCUT2D eigenvalue weighted by molar-refractivity contribution is 5.13. The fraction of sp³-hybridized carbons (Fsp3) is 0.417. The Morgan fingerprint density at radius 1 is 1.20 bits per heavy atom. The zero-order valence-corrected chi connectivity index (χ0v) is 8.98. The molecule has 0 atom stereocenters. The maximum atomic E-state index is 8.74. The van der Waals surface area contributed by atoms with Crippen molar-refractivity contribution in [2.24, 2.45) is 0 Å². The Bertz CT molecular complexity index is 246. The van der Waals surface area contributed by atoms with E-state index in [2.05, 4.69) is 0 Å². The summed E-state index contributed by atoms with van der Waals surface area (Å²) in [6, 6.07) is 10.0. The first-order valence-corrected chi connectivity index (χ1v) is 5.06. The van der Waals surface area contributed by atoms with Crippen LogP contribution >= 0.6 is 0 Å². The van der Waals surface area contributed by atoms with Crippen LogP contribution in [0.1, 0.15) is 18.9 Å². The van der Waals surface area contributed by atoms with E-state index < -0.39 is 0 Å². The van der Waals surface area contributed by atoms with Crippen molar-refractivity contribution in [2.75, 3.05) is 13.2 Å². The van der Waals surface area contributed by atoms with Gasteiger partial charge in [0.05, 0.1) is 13.2 Å². The van der Waals surface area contributed by atoms with Crippen LogP contribution in [-0.2, 0) is 16.1 Å². The molecule has 83 valence electrons. The van der Waals surface area contributed by atoms with E-state index in [4.69, 9.17) is 14.6 Å². The molecule has 1 radical (unpaired) electrons. The molecule has 0 bridgehead atoms. The minimum Gasteiger partial charge on any atom is -0.377 e. The smallest absolute Gasteiger partial charge is 0.217 e. The zero-order valence-electron chi connectivity index (χ0n) is 8.98. The minimum absolute atomic E-state index is 0.0121. The van der Waals surface area contributed by atoms with Crippen molar-refractivity contribution in [3.8, 4) is 0 Å². The average Bonchev–Trinajstić information content (AvgIpc) is 2.24. The summed E-state index contributed by atoms with van der Waals surface area (Å²) in [5.41, 5.74) is 1.17. The minimum atomic E-state index is 0.0121. The molecule has 0 amide bonds. The molecule has 0 spiro atoms. The predicted octanol–water partition coefficient (Wildman–Crippen LogP) is 2.49. The SMILES string of the molecule is C[C](O)OCCCOCc1ccccc1. The normalized spacial score (nSPS) is 10.9. The van der Waals surface area contributed by atoms with Crippen LogP contribution in [-0.4, -0.2) is 18.3 Å². The van der Waals surface area contributed by atoms with E-state index in [-0.39, 0.29) is 6.29 Å². The van der Waals surface area contributed by atoms with Gasteiger partial charge in [-0.2, -0.15) is 0 Å². The van der Waals surface area contributed by atoms with Gasteiger partial charge < -0.3 is 14.6 Å². The molecule has 1 aromatic rings. The van der Waals surface area contributed by atoms with E-state index in [1.54, 1.807) is 0 Å². The van der Waals surface area contributed by atoms with Gasteiger partial charge in [-0.25, -0.2) is 0 Å². The third kappa shape index (κ3) is 6.23. The fourth-order valence-corrected chi connectivity index (χ4v) is 1.15. The molecular formula is C12H17O3. The maximum Gasteiger partial charge on any atom is 0.217 e. The Balaban J connectivity index is 1.98. The van der Waals surface area contributed by atoms with Gasteiger partial charge >= 0.3 is 0 Å². The molecular weight excluding hydrogens is 192 g/mol. The zero-order chi connectivity index (χ0) is 10.9. The molecule has 0 aliphatic carbocycles. The molecule has 0 heterocycles. The lowest BCUT2D eigenvalue weighted by molar-refractivity contribution is 0.00278. The number of aliphatic hydroxyl groups excluding tert-OH is 1. The predicted molar refractivity (Wildman–Crippen MR) is 57.5 cm³/mol. The van der Waals surface area contributed by atoms with Gasteiger partial charge in [-0.3, -0.25) is 0 Å². The van der Waals surface area contributed by atoms with Crippen molar-refractivity contribution >= 4 is 0 Å². The summed E-state index contributed by atoms with van der Waals surface area (Å²) in [6.45, 7) is 3.28. The first-order chi connectivity index (χ1) is 7.29. The molecule has 0 aromatic heterocycles. The van der Waals surface area contributed by atoms with Crippen LogP contribution < -0.4 is 0 Å². The van der Waals surface area contributed by atoms with Crippen LogP contribution in [0.3, 0.4) is 0 Å². The number of benzene rings is 1. The van der Waals surface area contributed by atoms with Gasteiger partial charge in [0.25, 0.3) is 0 Å². The summed E-state index contributed by atoms with van der Waals surface area (Å²) in [5.74, 6) is 0. The molecule has 3 nitrogen and oxygen atoms in total. The lowest BCUT2D eigenvalue weighted by Crippen LogP contribution is -2.03. The monoisotopic (exact) mass is 209 g/mol. The summed E-state index contributed by atoms with van der Waals surface area (Å²) in [4.78, 5) is 0. The molecule has 0 unspecified atom stereocenters. The average molecular weight is 209 g/mol. The van der Waals surface area contributed by atoms with Crippen LogP contribution in [0.15, 0.2) is 30.3 Å². The lowest BCUT2D eigenvalue weighted by Gasteiger charge is -2.06. The van der Waals surface area contributed by atoms with Crippen LogP contribution in [0.2, 0.25) is 0 Å². The van der Waals surface area contributed by atoms with Crippen molar-refractivity contribution in [1.82, 2.24) is 0 Å². The third-order valence-corrected chi connectivity index (χ3v) is 1.86. The topological polar surface area (TPSA) is 38.7 Å². The molecule has 15 heavy (non-hydrogen) atoms. The second kappa shape index (κ2) is 7.40. The summed E-state index contributed by atoms with van der Waals surface area (Å²) in [5, 5.41) is 8.74. The maximum absolute atomic E-state index is 8.74. The summed E-state index contributed by atoms with van der Waals surface area (Å²) in [7, 11) is 0. The molecule has 1 rings (SSSR count). The highest BCUT2D eigenvalue weighted by atomic mass is 16.6.